The van der Waals surface area contributed by atoms with Crippen molar-refractivity contribution in [3.8, 4) is 17.2 Å². The number of rotatable bonds is 7. The van der Waals surface area contributed by atoms with Gasteiger partial charge in [0.25, 0.3) is 0 Å². The molecule has 0 atom stereocenters. The smallest absolute Gasteiger partial charge is 0.181 e. The standard InChI is InChI=1S/C25H25ClN4O3S/c1-17-25(20-6-7-21(13-27)24(26)12-20)18(2)30(28-17)14-19-4-8-23(9-5-19)34(32,33)11-3-10-29-15-22(31)16-29/h3-10,12,22,31H,11,14-16H2,1-2H3. The number of hydrogen-bond donors (Lipinski definition) is 1. The Morgan fingerprint density at radius 3 is 2.53 bits per heavy atom. The first kappa shape index (κ1) is 24.0. The van der Waals surface area contributed by atoms with E-state index in [9.17, 15) is 13.5 Å². The molecule has 0 radical (unpaired) electrons. The van der Waals surface area contributed by atoms with Gasteiger partial charge in [-0.3, -0.25) is 4.68 Å². The first-order chi connectivity index (χ1) is 16.2. The molecule has 1 N–H and O–H groups in total. The van der Waals surface area contributed by atoms with E-state index in [2.05, 4.69) is 11.2 Å². The fourth-order valence-electron chi connectivity index (χ4n) is 4.03. The molecule has 9 heteroatoms. The van der Waals surface area contributed by atoms with E-state index in [1.54, 1.807) is 48.7 Å². The van der Waals surface area contributed by atoms with Crippen LogP contribution in [-0.2, 0) is 16.4 Å². The molecule has 4 rings (SSSR count). The summed E-state index contributed by atoms with van der Waals surface area (Å²) in [6.07, 6.45) is 3.01. The average molecular weight is 497 g/mol. The molecule has 1 aliphatic rings. The molecule has 1 fully saturated rings. The second-order valence-corrected chi connectivity index (χ2v) is 10.9. The molecule has 1 aliphatic heterocycles. The highest BCUT2D eigenvalue weighted by Gasteiger charge is 2.21. The van der Waals surface area contributed by atoms with Gasteiger partial charge in [0.05, 0.1) is 39.6 Å². The van der Waals surface area contributed by atoms with Crippen LogP contribution in [-0.4, -0.2) is 53.2 Å². The summed E-state index contributed by atoms with van der Waals surface area (Å²) in [6, 6.07) is 14.3. The van der Waals surface area contributed by atoms with Crippen LogP contribution in [0.2, 0.25) is 5.02 Å². The molecule has 2 aromatic carbocycles. The predicted molar refractivity (Wildman–Crippen MR) is 131 cm³/mol. The third-order valence-electron chi connectivity index (χ3n) is 5.90. The molecule has 0 amide bonds. The van der Waals surface area contributed by atoms with Gasteiger partial charge in [0, 0.05) is 24.3 Å². The molecule has 0 spiro atoms. The van der Waals surface area contributed by atoms with E-state index in [0.29, 0.717) is 30.2 Å². The number of aryl methyl sites for hydroxylation is 1. The number of benzene rings is 2. The van der Waals surface area contributed by atoms with E-state index in [1.165, 1.54) is 0 Å². The Bertz CT molecular complexity index is 1380. The molecule has 1 saturated heterocycles. The molecule has 2 heterocycles. The topological polar surface area (TPSA) is 99.2 Å². The zero-order valence-electron chi connectivity index (χ0n) is 18.9. The fraction of sp³-hybridized carbons (Fsp3) is 0.280. The van der Waals surface area contributed by atoms with Crippen molar-refractivity contribution in [2.75, 3.05) is 18.8 Å². The van der Waals surface area contributed by atoms with Gasteiger partial charge < -0.3 is 10.0 Å². The van der Waals surface area contributed by atoms with Gasteiger partial charge in [-0.2, -0.15) is 10.4 Å². The van der Waals surface area contributed by atoms with Crippen LogP contribution in [0, 0.1) is 25.2 Å². The first-order valence-electron chi connectivity index (χ1n) is 10.8. The number of aromatic nitrogens is 2. The van der Waals surface area contributed by atoms with Crippen molar-refractivity contribution in [3.63, 3.8) is 0 Å². The van der Waals surface area contributed by atoms with E-state index < -0.39 is 9.84 Å². The molecule has 3 aromatic rings. The van der Waals surface area contributed by atoms with E-state index >= 15 is 0 Å². The van der Waals surface area contributed by atoms with Crippen LogP contribution in [0.15, 0.2) is 59.6 Å². The van der Waals surface area contributed by atoms with Crippen molar-refractivity contribution in [1.29, 1.82) is 5.26 Å². The van der Waals surface area contributed by atoms with Crippen molar-refractivity contribution in [1.82, 2.24) is 14.7 Å². The number of nitrogens with zero attached hydrogens (tertiary/aromatic N) is 4. The summed E-state index contributed by atoms with van der Waals surface area (Å²) in [5.41, 5.74) is 5.02. The summed E-state index contributed by atoms with van der Waals surface area (Å²) in [5.74, 6) is -0.0904. The molecule has 7 nitrogen and oxygen atoms in total. The van der Waals surface area contributed by atoms with Crippen LogP contribution in [0.1, 0.15) is 22.5 Å². The Hall–Kier alpha value is -3.12. The molecule has 0 aliphatic carbocycles. The van der Waals surface area contributed by atoms with Gasteiger partial charge in [-0.05, 0) is 55.4 Å². The molecule has 34 heavy (non-hydrogen) atoms. The molecule has 1 aromatic heterocycles. The number of likely N-dealkylation sites (tertiary alicyclic amines) is 1. The normalized spacial score (nSPS) is 14.4. The number of hydrogen-bond acceptors (Lipinski definition) is 6. The lowest BCUT2D eigenvalue weighted by Crippen LogP contribution is -2.47. The van der Waals surface area contributed by atoms with Crippen molar-refractivity contribution < 1.29 is 13.5 Å². The first-order valence-corrected chi connectivity index (χ1v) is 12.9. The zero-order valence-corrected chi connectivity index (χ0v) is 20.5. The van der Waals surface area contributed by atoms with Gasteiger partial charge in [-0.25, -0.2) is 8.42 Å². The van der Waals surface area contributed by atoms with E-state index in [0.717, 1.165) is 28.1 Å². The summed E-state index contributed by atoms with van der Waals surface area (Å²) in [4.78, 5) is 2.14. The number of sulfone groups is 1. The summed E-state index contributed by atoms with van der Waals surface area (Å²) >= 11 is 6.22. The van der Waals surface area contributed by atoms with Crippen LogP contribution < -0.4 is 0 Å². The monoisotopic (exact) mass is 496 g/mol. The molecule has 0 bridgehead atoms. The Morgan fingerprint density at radius 1 is 1.21 bits per heavy atom. The molecule has 0 unspecified atom stereocenters. The predicted octanol–water partition coefficient (Wildman–Crippen LogP) is 3.70. The van der Waals surface area contributed by atoms with Crippen LogP contribution in [0.5, 0.6) is 0 Å². The highest BCUT2D eigenvalue weighted by molar-refractivity contribution is 7.91. The van der Waals surface area contributed by atoms with Gasteiger partial charge in [0.1, 0.15) is 6.07 Å². The van der Waals surface area contributed by atoms with Crippen LogP contribution >= 0.6 is 11.6 Å². The zero-order chi connectivity index (χ0) is 24.5. The van der Waals surface area contributed by atoms with Crippen LogP contribution in [0.3, 0.4) is 0 Å². The maximum Gasteiger partial charge on any atom is 0.181 e. The second-order valence-electron chi connectivity index (χ2n) is 8.43. The minimum Gasteiger partial charge on any atom is -0.389 e. The molecular formula is C25H25ClN4O3S. The quantitative estimate of drug-likeness (QED) is 0.535. The summed E-state index contributed by atoms with van der Waals surface area (Å²) in [7, 11) is -3.43. The summed E-state index contributed by atoms with van der Waals surface area (Å²) in [5, 5.41) is 23.5. The largest absolute Gasteiger partial charge is 0.389 e. The van der Waals surface area contributed by atoms with Gasteiger partial charge in [0.15, 0.2) is 9.84 Å². The van der Waals surface area contributed by atoms with E-state index in [1.807, 2.05) is 29.5 Å². The highest BCUT2D eigenvalue weighted by atomic mass is 35.5. The number of aliphatic hydroxyl groups is 1. The number of halogens is 1. The number of β-amino-alcohol motifs (C(OH)–C–C–N with tert-alkyl or cyclic N) is 1. The fourth-order valence-corrected chi connectivity index (χ4v) is 5.34. The maximum absolute atomic E-state index is 12.6. The third-order valence-corrected chi connectivity index (χ3v) is 7.83. The molecule has 176 valence electrons. The maximum atomic E-state index is 12.6. The van der Waals surface area contributed by atoms with Crippen molar-refractivity contribution in [3.05, 3.63) is 82.3 Å². The van der Waals surface area contributed by atoms with Gasteiger partial charge in [-0.15, -0.1) is 0 Å². The molecular weight excluding hydrogens is 472 g/mol. The van der Waals surface area contributed by atoms with Crippen molar-refractivity contribution in [2.45, 2.75) is 31.4 Å². The SMILES string of the molecule is Cc1nn(Cc2ccc(S(=O)(=O)CC=CN3CC(O)C3)cc2)c(C)c1-c1ccc(C#N)c(Cl)c1. The van der Waals surface area contributed by atoms with Gasteiger partial charge in [0.2, 0.25) is 0 Å². The second kappa shape index (κ2) is 9.63. The third kappa shape index (κ3) is 5.02. The Morgan fingerprint density at radius 2 is 1.91 bits per heavy atom. The number of aliphatic hydroxyl groups excluding tert-OH is 1. The highest BCUT2D eigenvalue weighted by Crippen LogP contribution is 2.30. The minimum atomic E-state index is -3.43. The van der Waals surface area contributed by atoms with Crippen LogP contribution in [0.25, 0.3) is 11.1 Å². The Labute approximate surface area is 204 Å². The van der Waals surface area contributed by atoms with Crippen molar-refractivity contribution >= 4 is 21.4 Å². The lowest BCUT2D eigenvalue weighted by molar-refractivity contribution is 0.0331. The Kier molecular flexibility index (Phi) is 6.80. The lowest BCUT2D eigenvalue weighted by Gasteiger charge is -2.34. The Balaban J connectivity index is 1.48. The van der Waals surface area contributed by atoms with Gasteiger partial charge >= 0.3 is 0 Å². The van der Waals surface area contributed by atoms with Crippen molar-refractivity contribution in [2.24, 2.45) is 0 Å². The van der Waals surface area contributed by atoms with E-state index in [-0.39, 0.29) is 16.8 Å². The number of nitriles is 1. The minimum absolute atomic E-state index is 0.0904. The molecule has 0 saturated carbocycles. The summed E-state index contributed by atoms with van der Waals surface area (Å²) < 4.78 is 27.1. The lowest BCUT2D eigenvalue weighted by atomic mass is 10.0. The summed E-state index contributed by atoms with van der Waals surface area (Å²) in [6.45, 7) is 5.47. The van der Waals surface area contributed by atoms with E-state index in [4.69, 9.17) is 16.9 Å². The van der Waals surface area contributed by atoms with Crippen LogP contribution in [0.4, 0.5) is 0 Å². The average Bonchev–Trinajstić information content (AvgIpc) is 3.05. The van der Waals surface area contributed by atoms with Gasteiger partial charge in [-0.1, -0.05) is 35.9 Å².